The van der Waals surface area contributed by atoms with Crippen LogP contribution in [0.1, 0.15) is 36.8 Å². The number of nitrogens with zero attached hydrogens (tertiary/aromatic N) is 1. The molecule has 0 saturated carbocycles. The molecule has 3 rings (SSSR count). The average molecular weight is 503 g/mol. The van der Waals surface area contributed by atoms with Gasteiger partial charge >= 0.3 is 0 Å². The zero-order valence-corrected chi connectivity index (χ0v) is 19.9. The lowest BCUT2D eigenvalue weighted by Crippen LogP contribution is -2.29. The molecule has 0 radical (unpaired) electrons. The van der Waals surface area contributed by atoms with E-state index >= 15 is 0 Å². The number of carbonyl (C=O) groups is 2. The highest BCUT2D eigenvalue weighted by molar-refractivity contribution is 9.10. The van der Waals surface area contributed by atoms with E-state index in [1.807, 2.05) is 61.5 Å². The summed E-state index contributed by atoms with van der Waals surface area (Å²) in [5.41, 5.74) is 2.98. The first-order valence-electron chi connectivity index (χ1n) is 9.80. The predicted molar refractivity (Wildman–Crippen MR) is 132 cm³/mol. The maximum absolute atomic E-state index is 12.7. The number of hydrogen-bond acceptors (Lipinski definition) is 4. The number of carbonyl (C=O) groups excluding carboxylic acids is 2. The first-order chi connectivity index (χ1) is 14.4. The van der Waals surface area contributed by atoms with Crippen LogP contribution >= 0.6 is 39.9 Å². The fourth-order valence-electron chi connectivity index (χ4n) is 3.00. The number of amides is 2. The molecule has 1 aliphatic rings. The topological polar surface area (TPSA) is 49.4 Å². The molecule has 1 fully saturated rings. The summed E-state index contributed by atoms with van der Waals surface area (Å²) >= 11 is 10.1. The molecule has 2 aromatic rings. The summed E-state index contributed by atoms with van der Waals surface area (Å²) in [6, 6.07) is 15.6. The van der Waals surface area contributed by atoms with Gasteiger partial charge in [0.1, 0.15) is 4.32 Å². The molecular formula is C23H23BrN2O2S2. The van der Waals surface area contributed by atoms with Crippen molar-refractivity contribution in [1.82, 2.24) is 4.90 Å². The number of rotatable bonds is 8. The molecule has 0 spiro atoms. The molecule has 1 aliphatic heterocycles. The molecule has 2 amide bonds. The molecule has 1 N–H and O–H groups in total. The van der Waals surface area contributed by atoms with Crippen molar-refractivity contribution >= 4 is 67.8 Å². The number of halogens is 1. The number of nitrogens with one attached hydrogen (secondary N) is 1. The van der Waals surface area contributed by atoms with Crippen molar-refractivity contribution in [3.8, 4) is 0 Å². The number of benzene rings is 2. The molecule has 0 aliphatic carbocycles. The van der Waals surface area contributed by atoms with E-state index in [9.17, 15) is 9.59 Å². The molecule has 4 nitrogen and oxygen atoms in total. The average Bonchev–Trinajstić information content (AvgIpc) is 2.98. The minimum absolute atomic E-state index is 0.00367. The fraction of sp³-hybridized carbons (Fsp3) is 0.261. The summed E-state index contributed by atoms with van der Waals surface area (Å²) in [5, 5.41) is 2.89. The number of aryl methyl sites for hydroxylation is 1. The smallest absolute Gasteiger partial charge is 0.266 e. The molecule has 0 aromatic heterocycles. The van der Waals surface area contributed by atoms with Crippen LogP contribution in [0, 0.1) is 6.92 Å². The summed E-state index contributed by atoms with van der Waals surface area (Å²) in [5.74, 6) is -0.0254. The lowest BCUT2D eigenvalue weighted by Gasteiger charge is -2.14. The van der Waals surface area contributed by atoms with E-state index in [1.165, 1.54) is 17.3 Å². The summed E-state index contributed by atoms with van der Waals surface area (Å²) in [6.07, 6.45) is 4.81. The molecule has 0 bridgehead atoms. The van der Waals surface area contributed by atoms with Crippen molar-refractivity contribution in [2.24, 2.45) is 0 Å². The number of unbranched alkanes of at least 4 members (excludes halogenated alkanes) is 2. The molecule has 1 heterocycles. The Morgan fingerprint density at radius 1 is 1.10 bits per heavy atom. The van der Waals surface area contributed by atoms with Crippen LogP contribution in [0.4, 0.5) is 5.69 Å². The van der Waals surface area contributed by atoms with Gasteiger partial charge in [0.2, 0.25) is 5.91 Å². The Bertz CT molecular complexity index is 956. The van der Waals surface area contributed by atoms with E-state index in [2.05, 4.69) is 21.2 Å². The van der Waals surface area contributed by atoms with Crippen molar-refractivity contribution < 1.29 is 9.59 Å². The van der Waals surface area contributed by atoms with E-state index in [4.69, 9.17) is 12.2 Å². The largest absolute Gasteiger partial charge is 0.326 e. The Morgan fingerprint density at radius 2 is 1.80 bits per heavy atom. The van der Waals surface area contributed by atoms with Gasteiger partial charge < -0.3 is 5.32 Å². The normalized spacial score (nSPS) is 15.1. The van der Waals surface area contributed by atoms with E-state index in [0.717, 1.165) is 35.0 Å². The van der Waals surface area contributed by atoms with Gasteiger partial charge in [-0.15, -0.1) is 0 Å². The maximum Gasteiger partial charge on any atom is 0.266 e. The van der Waals surface area contributed by atoms with Gasteiger partial charge in [0.15, 0.2) is 0 Å². The zero-order valence-electron chi connectivity index (χ0n) is 16.7. The van der Waals surface area contributed by atoms with Crippen LogP contribution in [0.2, 0.25) is 0 Å². The van der Waals surface area contributed by atoms with Crippen LogP contribution < -0.4 is 5.32 Å². The Labute approximate surface area is 195 Å². The lowest BCUT2D eigenvalue weighted by atomic mass is 10.1. The Morgan fingerprint density at radius 3 is 2.50 bits per heavy atom. The van der Waals surface area contributed by atoms with Crippen LogP contribution in [0.25, 0.3) is 6.08 Å². The van der Waals surface area contributed by atoms with Gasteiger partial charge in [0.05, 0.1) is 4.91 Å². The number of thioether (sulfide) groups is 1. The number of thiocarbonyl (C=S) groups is 1. The SMILES string of the molecule is Cc1ccc(C=C2SC(=S)N(CCCCCC(=O)Nc3ccc(Br)cc3)C2=O)cc1. The van der Waals surface area contributed by atoms with E-state index in [1.54, 1.807) is 4.90 Å². The molecule has 1 saturated heterocycles. The molecule has 0 atom stereocenters. The summed E-state index contributed by atoms with van der Waals surface area (Å²) in [4.78, 5) is 27.0. The second-order valence-corrected chi connectivity index (χ2v) is 9.70. The summed E-state index contributed by atoms with van der Waals surface area (Å²) < 4.78 is 1.58. The number of anilines is 1. The highest BCUT2D eigenvalue weighted by atomic mass is 79.9. The van der Waals surface area contributed by atoms with E-state index in [-0.39, 0.29) is 11.8 Å². The Kier molecular flexibility index (Phi) is 8.24. The quantitative estimate of drug-likeness (QED) is 0.266. The Hall–Kier alpha value is -1.96. The van der Waals surface area contributed by atoms with Crippen molar-refractivity contribution in [3.63, 3.8) is 0 Å². The van der Waals surface area contributed by atoms with Crippen LogP contribution in [0.5, 0.6) is 0 Å². The highest BCUT2D eigenvalue weighted by Gasteiger charge is 2.31. The summed E-state index contributed by atoms with van der Waals surface area (Å²) in [6.45, 7) is 2.62. The molecule has 156 valence electrons. The molecule has 2 aromatic carbocycles. The third kappa shape index (κ3) is 6.52. The lowest BCUT2D eigenvalue weighted by molar-refractivity contribution is -0.122. The minimum Gasteiger partial charge on any atom is -0.326 e. The maximum atomic E-state index is 12.7. The van der Waals surface area contributed by atoms with Gasteiger partial charge in [-0.2, -0.15) is 0 Å². The molecular weight excluding hydrogens is 480 g/mol. The monoisotopic (exact) mass is 502 g/mol. The molecule has 30 heavy (non-hydrogen) atoms. The third-order valence-electron chi connectivity index (χ3n) is 4.66. The zero-order chi connectivity index (χ0) is 21.5. The first kappa shape index (κ1) is 22.7. The van der Waals surface area contributed by atoms with E-state index < -0.39 is 0 Å². The second-order valence-electron chi connectivity index (χ2n) is 7.11. The van der Waals surface area contributed by atoms with Gasteiger partial charge in [-0.3, -0.25) is 14.5 Å². The molecule has 7 heteroatoms. The van der Waals surface area contributed by atoms with Gasteiger partial charge in [0, 0.05) is 23.1 Å². The first-order valence-corrected chi connectivity index (χ1v) is 11.8. The van der Waals surface area contributed by atoms with Gasteiger partial charge in [-0.1, -0.05) is 76.2 Å². The van der Waals surface area contributed by atoms with Gasteiger partial charge in [-0.05, 0) is 55.7 Å². The van der Waals surface area contributed by atoms with Crippen LogP contribution in [-0.2, 0) is 9.59 Å². The van der Waals surface area contributed by atoms with Crippen LogP contribution in [-0.4, -0.2) is 27.6 Å². The van der Waals surface area contributed by atoms with Crippen molar-refractivity contribution in [3.05, 3.63) is 69.0 Å². The van der Waals surface area contributed by atoms with Crippen LogP contribution in [0.3, 0.4) is 0 Å². The molecule has 0 unspecified atom stereocenters. The summed E-state index contributed by atoms with van der Waals surface area (Å²) in [7, 11) is 0. The van der Waals surface area contributed by atoms with Crippen molar-refractivity contribution in [2.45, 2.75) is 32.6 Å². The highest BCUT2D eigenvalue weighted by Crippen LogP contribution is 2.32. The van der Waals surface area contributed by atoms with Crippen molar-refractivity contribution in [2.75, 3.05) is 11.9 Å². The number of hydrogen-bond donors (Lipinski definition) is 1. The second kappa shape index (κ2) is 10.9. The van der Waals surface area contributed by atoms with Crippen molar-refractivity contribution in [1.29, 1.82) is 0 Å². The fourth-order valence-corrected chi connectivity index (χ4v) is 4.57. The predicted octanol–water partition coefficient (Wildman–Crippen LogP) is 6.16. The van der Waals surface area contributed by atoms with Gasteiger partial charge in [-0.25, -0.2) is 0 Å². The van der Waals surface area contributed by atoms with Crippen LogP contribution in [0.15, 0.2) is 57.9 Å². The Balaban J connectivity index is 1.40. The van der Waals surface area contributed by atoms with E-state index in [0.29, 0.717) is 22.2 Å². The minimum atomic E-state index is -0.0291. The van der Waals surface area contributed by atoms with Gasteiger partial charge in [0.25, 0.3) is 5.91 Å². The third-order valence-corrected chi connectivity index (χ3v) is 6.57. The standard InChI is InChI=1S/C23H23BrN2O2S2/c1-16-6-8-17(9-7-16)15-20-22(28)26(23(29)30-20)14-4-2-3-5-21(27)25-19-12-10-18(24)11-13-19/h6-13,15H,2-5,14H2,1H3,(H,25,27).